The first-order valence-corrected chi connectivity index (χ1v) is 6.99. The van der Waals surface area contributed by atoms with E-state index >= 15 is 0 Å². The quantitative estimate of drug-likeness (QED) is 0.790. The maximum absolute atomic E-state index is 3.68. The third-order valence-corrected chi connectivity index (χ3v) is 3.79. The van der Waals surface area contributed by atoms with E-state index in [0.29, 0.717) is 12.1 Å². The van der Waals surface area contributed by atoms with Gasteiger partial charge in [-0.2, -0.15) is 0 Å². The molecule has 0 bridgehead atoms. The standard InChI is InChI=1S/C17H20N2.2BrH/c1-3-7-14(8-4-1)13-19-16-11-12-18-17(16)15-9-5-2-6-10-15;;/h1-10,16-19H,11-13H2;2*1H. The van der Waals surface area contributed by atoms with Gasteiger partial charge in [0.2, 0.25) is 0 Å². The van der Waals surface area contributed by atoms with Crippen molar-refractivity contribution in [3.05, 3.63) is 71.8 Å². The minimum atomic E-state index is 0. The van der Waals surface area contributed by atoms with Crippen LogP contribution in [0.4, 0.5) is 0 Å². The van der Waals surface area contributed by atoms with Crippen molar-refractivity contribution in [1.82, 2.24) is 10.6 Å². The maximum Gasteiger partial charge on any atom is 0.0476 e. The molecule has 2 unspecified atom stereocenters. The Labute approximate surface area is 147 Å². The molecule has 0 aliphatic carbocycles. The monoisotopic (exact) mass is 412 g/mol. The van der Waals surface area contributed by atoms with E-state index in [2.05, 4.69) is 71.3 Å². The van der Waals surface area contributed by atoms with Gasteiger partial charge >= 0.3 is 0 Å². The van der Waals surface area contributed by atoms with Crippen molar-refractivity contribution in [2.75, 3.05) is 6.54 Å². The number of benzene rings is 2. The largest absolute Gasteiger partial charge is 0.309 e. The van der Waals surface area contributed by atoms with Gasteiger partial charge in [0.05, 0.1) is 0 Å². The lowest BCUT2D eigenvalue weighted by Crippen LogP contribution is -2.33. The minimum absolute atomic E-state index is 0. The van der Waals surface area contributed by atoms with E-state index < -0.39 is 0 Å². The molecule has 2 aromatic rings. The Kier molecular flexibility index (Phi) is 8.19. The summed E-state index contributed by atoms with van der Waals surface area (Å²) in [6.07, 6.45) is 1.19. The molecule has 1 aliphatic rings. The topological polar surface area (TPSA) is 24.1 Å². The zero-order valence-corrected chi connectivity index (χ0v) is 15.3. The fourth-order valence-corrected chi connectivity index (χ4v) is 2.78. The van der Waals surface area contributed by atoms with Crippen LogP contribution in [0, 0.1) is 0 Å². The van der Waals surface area contributed by atoms with Crippen molar-refractivity contribution < 1.29 is 0 Å². The summed E-state index contributed by atoms with van der Waals surface area (Å²) in [6.45, 7) is 2.03. The number of hydrogen-bond donors (Lipinski definition) is 2. The summed E-state index contributed by atoms with van der Waals surface area (Å²) in [5.41, 5.74) is 2.73. The lowest BCUT2D eigenvalue weighted by molar-refractivity contribution is 0.461. The molecule has 114 valence electrons. The highest BCUT2D eigenvalue weighted by Crippen LogP contribution is 2.23. The van der Waals surface area contributed by atoms with Crippen LogP contribution in [0.1, 0.15) is 23.6 Å². The van der Waals surface area contributed by atoms with E-state index in [9.17, 15) is 0 Å². The smallest absolute Gasteiger partial charge is 0.0476 e. The molecule has 0 radical (unpaired) electrons. The third kappa shape index (κ3) is 4.92. The molecular weight excluding hydrogens is 392 g/mol. The summed E-state index contributed by atoms with van der Waals surface area (Å²) in [6, 6.07) is 22.3. The van der Waals surface area contributed by atoms with E-state index in [0.717, 1.165) is 13.1 Å². The van der Waals surface area contributed by atoms with Crippen molar-refractivity contribution >= 4 is 34.0 Å². The zero-order valence-electron chi connectivity index (χ0n) is 11.9. The fraction of sp³-hybridized carbons (Fsp3) is 0.294. The number of hydrogen-bond acceptors (Lipinski definition) is 2. The van der Waals surface area contributed by atoms with E-state index in [4.69, 9.17) is 0 Å². The molecule has 1 heterocycles. The number of halogens is 2. The Balaban J connectivity index is 0.00000110. The highest BCUT2D eigenvalue weighted by Gasteiger charge is 2.27. The van der Waals surface area contributed by atoms with Crippen LogP contribution in [0.3, 0.4) is 0 Å². The van der Waals surface area contributed by atoms with Gasteiger partial charge in [-0.05, 0) is 24.1 Å². The lowest BCUT2D eigenvalue weighted by atomic mass is 10.0. The van der Waals surface area contributed by atoms with Gasteiger partial charge in [-0.25, -0.2) is 0 Å². The third-order valence-electron chi connectivity index (χ3n) is 3.79. The molecular formula is C17H22Br2N2. The average Bonchev–Trinajstić information content (AvgIpc) is 2.95. The second-order valence-electron chi connectivity index (χ2n) is 5.10. The fourth-order valence-electron chi connectivity index (χ4n) is 2.78. The zero-order chi connectivity index (χ0) is 12.9. The Bertz CT molecular complexity index is 505. The summed E-state index contributed by atoms with van der Waals surface area (Å²) < 4.78 is 0. The van der Waals surface area contributed by atoms with Crippen LogP contribution in [0.25, 0.3) is 0 Å². The molecule has 2 nitrogen and oxygen atoms in total. The van der Waals surface area contributed by atoms with Crippen LogP contribution in [-0.2, 0) is 6.54 Å². The molecule has 0 aromatic heterocycles. The predicted molar refractivity (Wildman–Crippen MR) is 99.5 cm³/mol. The molecule has 0 spiro atoms. The molecule has 0 amide bonds. The van der Waals surface area contributed by atoms with Gasteiger partial charge in [0.15, 0.2) is 0 Å². The van der Waals surface area contributed by atoms with Crippen LogP contribution in [0.5, 0.6) is 0 Å². The van der Waals surface area contributed by atoms with Gasteiger partial charge < -0.3 is 10.6 Å². The molecule has 1 aliphatic heterocycles. The first-order chi connectivity index (χ1) is 9.43. The van der Waals surface area contributed by atoms with Crippen molar-refractivity contribution in [2.45, 2.75) is 25.0 Å². The lowest BCUT2D eigenvalue weighted by Gasteiger charge is -2.21. The SMILES string of the molecule is Br.Br.c1ccc(CNC2CCNC2c2ccccc2)cc1. The molecule has 2 atom stereocenters. The number of nitrogens with one attached hydrogen (secondary N) is 2. The molecule has 1 fully saturated rings. The van der Waals surface area contributed by atoms with Gasteiger partial charge in [0.1, 0.15) is 0 Å². The van der Waals surface area contributed by atoms with E-state index in [1.807, 2.05) is 0 Å². The molecule has 1 saturated heterocycles. The van der Waals surface area contributed by atoms with Crippen LogP contribution in [0.2, 0.25) is 0 Å². The Morgan fingerprint density at radius 1 is 0.905 bits per heavy atom. The molecule has 2 N–H and O–H groups in total. The van der Waals surface area contributed by atoms with Crippen molar-refractivity contribution in [3.8, 4) is 0 Å². The second-order valence-corrected chi connectivity index (χ2v) is 5.10. The van der Waals surface area contributed by atoms with Gasteiger partial charge in [-0.15, -0.1) is 34.0 Å². The van der Waals surface area contributed by atoms with E-state index in [1.54, 1.807) is 0 Å². The molecule has 21 heavy (non-hydrogen) atoms. The van der Waals surface area contributed by atoms with Gasteiger partial charge in [-0.1, -0.05) is 60.7 Å². The first kappa shape index (κ1) is 18.4. The summed E-state index contributed by atoms with van der Waals surface area (Å²) in [5.74, 6) is 0. The highest BCUT2D eigenvalue weighted by molar-refractivity contribution is 8.93. The van der Waals surface area contributed by atoms with Gasteiger partial charge in [0.25, 0.3) is 0 Å². The van der Waals surface area contributed by atoms with Gasteiger partial charge in [-0.3, -0.25) is 0 Å². The maximum atomic E-state index is 3.68. The first-order valence-electron chi connectivity index (χ1n) is 6.99. The summed E-state index contributed by atoms with van der Waals surface area (Å²) in [4.78, 5) is 0. The van der Waals surface area contributed by atoms with Gasteiger partial charge in [0, 0.05) is 18.6 Å². The van der Waals surface area contributed by atoms with Crippen LogP contribution in [0.15, 0.2) is 60.7 Å². The van der Waals surface area contributed by atoms with Crippen molar-refractivity contribution in [1.29, 1.82) is 0 Å². The normalized spacial score (nSPS) is 20.4. The Morgan fingerprint density at radius 2 is 1.52 bits per heavy atom. The Morgan fingerprint density at radius 3 is 2.19 bits per heavy atom. The predicted octanol–water partition coefficient (Wildman–Crippen LogP) is 4.04. The summed E-state index contributed by atoms with van der Waals surface area (Å²) >= 11 is 0. The van der Waals surface area contributed by atoms with Crippen LogP contribution in [-0.4, -0.2) is 12.6 Å². The minimum Gasteiger partial charge on any atom is -0.309 e. The van der Waals surface area contributed by atoms with Crippen LogP contribution < -0.4 is 10.6 Å². The second kappa shape index (κ2) is 9.36. The van der Waals surface area contributed by atoms with Crippen molar-refractivity contribution in [3.63, 3.8) is 0 Å². The van der Waals surface area contributed by atoms with E-state index in [1.165, 1.54) is 17.5 Å². The molecule has 3 rings (SSSR count). The number of rotatable bonds is 4. The summed E-state index contributed by atoms with van der Waals surface area (Å²) in [5, 5.41) is 7.28. The Hall–Kier alpha value is -0.680. The summed E-state index contributed by atoms with van der Waals surface area (Å²) in [7, 11) is 0. The molecule has 2 aromatic carbocycles. The molecule has 0 saturated carbocycles. The van der Waals surface area contributed by atoms with E-state index in [-0.39, 0.29) is 34.0 Å². The van der Waals surface area contributed by atoms with Crippen LogP contribution >= 0.6 is 34.0 Å². The van der Waals surface area contributed by atoms with Crippen molar-refractivity contribution in [2.24, 2.45) is 0 Å². The average molecular weight is 414 g/mol. The molecule has 4 heteroatoms. The highest BCUT2D eigenvalue weighted by atomic mass is 79.9.